The molecule has 0 saturated carbocycles. The summed E-state index contributed by atoms with van der Waals surface area (Å²) in [7, 11) is -4.18. The molecule has 9 heteroatoms. The molecular formula is C18H14F4N2O2S. The zero-order valence-corrected chi connectivity index (χ0v) is 14.9. The summed E-state index contributed by atoms with van der Waals surface area (Å²) in [5.74, 6) is -0.503. The van der Waals surface area contributed by atoms with E-state index in [1.807, 2.05) is 6.92 Å². The van der Waals surface area contributed by atoms with Gasteiger partial charge in [-0.3, -0.25) is 4.98 Å². The Morgan fingerprint density at radius 1 is 1.19 bits per heavy atom. The van der Waals surface area contributed by atoms with Gasteiger partial charge in [-0.1, -0.05) is 23.8 Å². The quantitative estimate of drug-likeness (QED) is 0.557. The molecule has 0 fully saturated rings. The maximum atomic E-state index is 14.4. The molecule has 2 aliphatic heterocycles. The lowest BCUT2D eigenvalue weighted by atomic mass is 10.0. The largest absolute Gasteiger partial charge is 0.433 e. The van der Waals surface area contributed by atoms with Gasteiger partial charge in [0.25, 0.3) is 0 Å². The number of alkyl halides is 3. The first-order valence-electron chi connectivity index (χ1n) is 8.13. The molecule has 0 N–H and O–H groups in total. The maximum absolute atomic E-state index is 14.4. The van der Waals surface area contributed by atoms with Crippen LogP contribution in [0.5, 0.6) is 0 Å². The minimum Gasteiger partial charge on any atom is -0.250 e. The van der Waals surface area contributed by atoms with E-state index in [0.29, 0.717) is 29.8 Å². The van der Waals surface area contributed by atoms with Gasteiger partial charge in [0.1, 0.15) is 16.4 Å². The smallest absolute Gasteiger partial charge is 0.250 e. The average Bonchev–Trinajstić information content (AvgIpc) is 2.81. The summed E-state index contributed by atoms with van der Waals surface area (Å²) >= 11 is 0. The molecule has 1 aromatic heterocycles. The standard InChI is InChI=1S/C18H14F4N2O2S/c1-10-7-14-12-3-2-4-13(19)17(12)15(8-10)24(14)27(25,26)11-5-6-16(23-9-11)18(20,21)22/h2-6,8-9,14-15H,7H2,1H3. The lowest BCUT2D eigenvalue weighted by molar-refractivity contribution is -0.141. The molecule has 27 heavy (non-hydrogen) atoms. The van der Waals surface area contributed by atoms with Crippen LogP contribution in [-0.4, -0.2) is 17.7 Å². The molecule has 2 bridgehead atoms. The van der Waals surface area contributed by atoms with E-state index in [-0.39, 0.29) is 4.90 Å². The van der Waals surface area contributed by atoms with Crippen molar-refractivity contribution in [3.05, 3.63) is 70.8 Å². The zero-order valence-electron chi connectivity index (χ0n) is 14.0. The lowest BCUT2D eigenvalue weighted by Crippen LogP contribution is -2.35. The van der Waals surface area contributed by atoms with Gasteiger partial charge in [0.2, 0.25) is 10.0 Å². The van der Waals surface area contributed by atoms with Crippen LogP contribution in [0.3, 0.4) is 0 Å². The number of hydrogen-bond donors (Lipinski definition) is 0. The van der Waals surface area contributed by atoms with Crippen molar-refractivity contribution in [3.63, 3.8) is 0 Å². The van der Waals surface area contributed by atoms with Crippen molar-refractivity contribution < 1.29 is 26.0 Å². The Morgan fingerprint density at radius 3 is 2.56 bits per heavy atom. The molecule has 0 saturated heterocycles. The van der Waals surface area contributed by atoms with E-state index in [1.165, 1.54) is 12.1 Å². The van der Waals surface area contributed by atoms with E-state index in [4.69, 9.17) is 0 Å². The molecule has 0 radical (unpaired) electrons. The van der Waals surface area contributed by atoms with Gasteiger partial charge >= 0.3 is 6.18 Å². The van der Waals surface area contributed by atoms with Gasteiger partial charge in [0, 0.05) is 11.8 Å². The van der Waals surface area contributed by atoms with Crippen LogP contribution >= 0.6 is 0 Å². The number of sulfonamides is 1. The van der Waals surface area contributed by atoms with Crippen LogP contribution in [0.2, 0.25) is 0 Å². The fourth-order valence-corrected chi connectivity index (χ4v) is 5.41. The summed E-state index contributed by atoms with van der Waals surface area (Å²) < 4.78 is 80.0. The number of hydrogen-bond acceptors (Lipinski definition) is 3. The van der Waals surface area contributed by atoms with Gasteiger partial charge in [0.05, 0.1) is 12.1 Å². The number of halogens is 4. The van der Waals surface area contributed by atoms with Gasteiger partial charge in [-0.2, -0.15) is 17.5 Å². The number of nitrogens with zero attached hydrogens (tertiary/aromatic N) is 2. The molecule has 4 nitrogen and oxygen atoms in total. The van der Waals surface area contributed by atoms with Crippen molar-refractivity contribution in [2.45, 2.75) is 36.5 Å². The Labute approximate surface area is 153 Å². The number of aromatic nitrogens is 1. The first kappa shape index (κ1) is 18.1. The van der Waals surface area contributed by atoms with Crippen molar-refractivity contribution in [1.82, 2.24) is 9.29 Å². The normalized spacial score (nSPS) is 22.5. The van der Waals surface area contributed by atoms with E-state index in [0.717, 1.165) is 15.9 Å². The minimum atomic E-state index is -4.66. The van der Waals surface area contributed by atoms with Crippen LogP contribution in [0.4, 0.5) is 17.6 Å². The lowest BCUT2D eigenvalue weighted by Gasteiger charge is -2.32. The van der Waals surface area contributed by atoms with Crippen LogP contribution in [0.15, 0.2) is 53.1 Å². The van der Waals surface area contributed by atoms with Crippen molar-refractivity contribution in [2.24, 2.45) is 0 Å². The third-order valence-electron chi connectivity index (χ3n) is 4.88. The Hall–Kier alpha value is -2.26. The highest BCUT2D eigenvalue weighted by molar-refractivity contribution is 7.89. The second-order valence-corrected chi connectivity index (χ2v) is 8.48. The summed E-state index contributed by atoms with van der Waals surface area (Å²) in [5, 5.41) is 0. The maximum Gasteiger partial charge on any atom is 0.433 e. The number of fused-ring (bicyclic) bond motifs is 5. The summed E-state index contributed by atoms with van der Waals surface area (Å²) in [4.78, 5) is 2.89. The monoisotopic (exact) mass is 398 g/mol. The molecule has 3 heterocycles. The molecule has 1 aromatic carbocycles. The third kappa shape index (κ3) is 2.76. The first-order valence-corrected chi connectivity index (χ1v) is 9.57. The second kappa shape index (κ2) is 5.87. The van der Waals surface area contributed by atoms with E-state index < -0.39 is 39.8 Å². The Kier molecular flexibility index (Phi) is 3.94. The highest BCUT2D eigenvalue weighted by Crippen LogP contribution is 2.52. The van der Waals surface area contributed by atoms with Crippen molar-refractivity contribution in [1.29, 1.82) is 0 Å². The topological polar surface area (TPSA) is 50.3 Å². The van der Waals surface area contributed by atoms with Crippen LogP contribution in [0, 0.1) is 5.82 Å². The second-order valence-electron chi connectivity index (χ2n) is 6.63. The fraction of sp³-hybridized carbons (Fsp3) is 0.278. The van der Waals surface area contributed by atoms with Crippen molar-refractivity contribution in [2.75, 3.05) is 0 Å². The number of benzene rings is 1. The summed E-state index contributed by atoms with van der Waals surface area (Å²) in [6, 6.07) is 4.57. The Balaban J connectivity index is 1.80. The molecule has 0 amide bonds. The fourth-order valence-electron chi connectivity index (χ4n) is 3.75. The Bertz CT molecular complexity index is 1050. The van der Waals surface area contributed by atoms with Crippen molar-refractivity contribution in [3.8, 4) is 0 Å². The number of pyridine rings is 1. The summed E-state index contributed by atoms with van der Waals surface area (Å²) in [6.07, 6.45) is -1.89. The summed E-state index contributed by atoms with van der Waals surface area (Å²) in [5.41, 5.74) is 0.630. The van der Waals surface area contributed by atoms with Crippen LogP contribution in [0.1, 0.15) is 42.2 Å². The van der Waals surface area contributed by atoms with Crippen LogP contribution < -0.4 is 0 Å². The van der Waals surface area contributed by atoms with Crippen LogP contribution in [0.25, 0.3) is 0 Å². The van der Waals surface area contributed by atoms with Gasteiger partial charge in [-0.15, -0.1) is 0 Å². The highest BCUT2D eigenvalue weighted by Gasteiger charge is 2.48. The zero-order chi connectivity index (χ0) is 19.6. The molecule has 2 atom stereocenters. The average molecular weight is 398 g/mol. The third-order valence-corrected chi connectivity index (χ3v) is 6.76. The molecule has 0 spiro atoms. The SMILES string of the molecule is CC1=CC2c3c(F)cccc3C(C1)N2S(=O)(=O)c1ccc(C(F)(F)F)nc1. The van der Waals surface area contributed by atoms with Gasteiger partial charge in [-0.25, -0.2) is 12.8 Å². The van der Waals surface area contributed by atoms with Crippen molar-refractivity contribution >= 4 is 10.0 Å². The van der Waals surface area contributed by atoms with E-state index in [9.17, 15) is 26.0 Å². The molecule has 2 unspecified atom stereocenters. The van der Waals surface area contributed by atoms with E-state index >= 15 is 0 Å². The minimum absolute atomic E-state index is 0.294. The number of rotatable bonds is 2. The van der Waals surface area contributed by atoms with Gasteiger partial charge < -0.3 is 0 Å². The first-order chi connectivity index (χ1) is 12.6. The molecule has 0 aliphatic carbocycles. The molecule has 4 rings (SSSR count). The molecule has 142 valence electrons. The summed E-state index contributed by atoms with van der Waals surface area (Å²) in [6.45, 7) is 1.84. The van der Waals surface area contributed by atoms with Gasteiger partial charge in [-0.05, 0) is 37.1 Å². The Morgan fingerprint density at radius 2 is 1.93 bits per heavy atom. The van der Waals surface area contributed by atoms with E-state index in [1.54, 1.807) is 12.1 Å². The predicted octanol–water partition coefficient (Wildman–Crippen LogP) is 4.38. The molecule has 2 aromatic rings. The molecular weight excluding hydrogens is 384 g/mol. The van der Waals surface area contributed by atoms with Crippen LogP contribution in [-0.2, 0) is 16.2 Å². The predicted molar refractivity (Wildman–Crippen MR) is 88.5 cm³/mol. The van der Waals surface area contributed by atoms with E-state index in [2.05, 4.69) is 4.98 Å². The van der Waals surface area contributed by atoms with Gasteiger partial charge in [0.15, 0.2) is 0 Å². The highest BCUT2D eigenvalue weighted by atomic mass is 32.2. The molecule has 2 aliphatic rings.